The van der Waals surface area contributed by atoms with Crippen molar-refractivity contribution in [1.82, 2.24) is 5.32 Å². The minimum atomic E-state index is -4.42. The molecule has 3 aromatic rings. The van der Waals surface area contributed by atoms with Gasteiger partial charge >= 0.3 is 6.18 Å². The van der Waals surface area contributed by atoms with E-state index in [1.54, 1.807) is 6.07 Å². The molecule has 3 aromatic carbocycles. The molecule has 1 fully saturated rings. The summed E-state index contributed by atoms with van der Waals surface area (Å²) in [6, 6.07) is 24.4. The second-order valence-corrected chi connectivity index (χ2v) is 8.44. The van der Waals surface area contributed by atoms with Crippen LogP contribution in [-0.4, -0.2) is 25.7 Å². The van der Waals surface area contributed by atoms with Crippen LogP contribution in [-0.2, 0) is 21.1 Å². The summed E-state index contributed by atoms with van der Waals surface area (Å²) in [5, 5.41) is 3.07. The number of benzene rings is 3. The van der Waals surface area contributed by atoms with Gasteiger partial charge in [-0.2, -0.15) is 13.2 Å². The maximum atomic E-state index is 13.5. The maximum absolute atomic E-state index is 13.5. The van der Waals surface area contributed by atoms with Gasteiger partial charge in [0.05, 0.1) is 11.5 Å². The van der Waals surface area contributed by atoms with Gasteiger partial charge in [0.15, 0.2) is 0 Å². The zero-order chi connectivity index (χ0) is 23.3. The van der Waals surface area contributed by atoms with Crippen LogP contribution >= 0.6 is 0 Å². The number of ether oxygens (including phenoxy) is 1. The van der Waals surface area contributed by atoms with E-state index in [-0.39, 0.29) is 12.5 Å². The number of nitrogens with one attached hydrogen (secondary N) is 1. The van der Waals surface area contributed by atoms with Crippen molar-refractivity contribution >= 4 is 5.91 Å². The van der Waals surface area contributed by atoms with Gasteiger partial charge < -0.3 is 10.1 Å². The van der Waals surface area contributed by atoms with Crippen molar-refractivity contribution in [3.63, 3.8) is 0 Å². The van der Waals surface area contributed by atoms with Crippen molar-refractivity contribution in [1.29, 1.82) is 0 Å². The first-order chi connectivity index (χ1) is 15.9. The van der Waals surface area contributed by atoms with Gasteiger partial charge in [0.1, 0.15) is 0 Å². The van der Waals surface area contributed by atoms with Crippen LogP contribution < -0.4 is 5.32 Å². The maximum Gasteiger partial charge on any atom is 0.416 e. The number of hydrogen-bond acceptors (Lipinski definition) is 2. The lowest BCUT2D eigenvalue weighted by Crippen LogP contribution is -2.46. The Labute approximate surface area is 191 Å². The highest BCUT2D eigenvalue weighted by atomic mass is 19.4. The lowest BCUT2D eigenvalue weighted by molar-refractivity contribution is -0.137. The lowest BCUT2D eigenvalue weighted by atomic mass is 9.73. The quantitative estimate of drug-likeness (QED) is 0.520. The second-order valence-electron chi connectivity index (χ2n) is 8.44. The normalized spacial score (nSPS) is 15.9. The molecule has 1 aliphatic rings. The second kappa shape index (κ2) is 9.79. The fourth-order valence-electron chi connectivity index (χ4n) is 4.50. The number of carbonyl (C=O) groups is 1. The molecule has 0 aromatic heterocycles. The molecule has 0 radical (unpaired) electrons. The van der Waals surface area contributed by atoms with Crippen LogP contribution in [0.5, 0.6) is 0 Å². The largest absolute Gasteiger partial charge is 0.416 e. The molecule has 1 heterocycles. The molecule has 1 saturated heterocycles. The average Bonchev–Trinajstić information content (AvgIpc) is 2.84. The van der Waals surface area contributed by atoms with Crippen LogP contribution in [0.4, 0.5) is 13.2 Å². The Morgan fingerprint density at radius 3 is 2.00 bits per heavy atom. The van der Waals surface area contributed by atoms with Crippen molar-refractivity contribution in [3.05, 3.63) is 107 Å². The SMILES string of the molecule is O=C(NCC1(c2cccc(C(F)(F)F)c2)CCOCC1)C(c1ccccc1)c1ccccc1. The molecule has 1 amide bonds. The molecular formula is C27H26F3NO2. The smallest absolute Gasteiger partial charge is 0.381 e. The van der Waals surface area contributed by atoms with Crippen molar-refractivity contribution in [2.45, 2.75) is 30.4 Å². The Kier molecular flexibility index (Phi) is 6.84. The van der Waals surface area contributed by atoms with E-state index in [2.05, 4.69) is 5.32 Å². The van der Waals surface area contributed by atoms with Crippen molar-refractivity contribution in [2.75, 3.05) is 19.8 Å². The van der Waals surface area contributed by atoms with Gasteiger partial charge in [0, 0.05) is 25.2 Å². The van der Waals surface area contributed by atoms with E-state index in [0.717, 1.165) is 17.2 Å². The number of rotatable bonds is 6. The standard InChI is InChI=1S/C27H26F3NO2/c28-27(29,30)23-13-7-12-22(18-23)26(14-16-33-17-15-26)19-31-25(32)24(20-8-3-1-4-9-20)21-10-5-2-6-11-21/h1-13,18,24H,14-17,19H2,(H,31,32). The molecule has 0 saturated carbocycles. The first-order valence-electron chi connectivity index (χ1n) is 11.0. The molecular weight excluding hydrogens is 427 g/mol. The molecule has 172 valence electrons. The summed E-state index contributed by atoms with van der Waals surface area (Å²) in [5.74, 6) is -0.684. The van der Waals surface area contributed by atoms with E-state index in [0.29, 0.717) is 31.6 Å². The van der Waals surface area contributed by atoms with Crippen LogP contribution in [0, 0.1) is 0 Å². The summed E-state index contributed by atoms with van der Waals surface area (Å²) in [5.41, 5.74) is 1.01. The van der Waals surface area contributed by atoms with E-state index >= 15 is 0 Å². The zero-order valence-electron chi connectivity index (χ0n) is 18.1. The molecule has 1 aliphatic heterocycles. The molecule has 0 unspecified atom stereocenters. The van der Waals surface area contributed by atoms with Crippen molar-refractivity contribution in [3.8, 4) is 0 Å². The molecule has 3 nitrogen and oxygen atoms in total. The van der Waals surface area contributed by atoms with E-state index in [4.69, 9.17) is 4.74 Å². The Bertz CT molecular complexity index is 1020. The summed E-state index contributed by atoms with van der Waals surface area (Å²) in [7, 11) is 0. The monoisotopic (exact) mass is 453 g/mol. The van der Waals surface area contributed by atoms with Crippen LogP contribution in [0.25, 0.3) is 0 Å². The predicted molar refractivity (Wildman–Crippen MR) is 121 cm³/mol. The molecule has 0 spiro atoms. The summed E-state index contributed by atoms with van der Waals surface area (Å²) >= 11 is 0. The molecule has 6 heteroatoms. The van der Waals surface area contributed by atoms with E-state index in [1.165, 1.54) is 12.1 Å². The lowest BCUT2D eigenvalue weighted by Gasteiger charge is -2.38. The number of carbonyl (C=O) groups excluding carboxylic acids is 1. The minimum Gasteiger partial charge on any atom is -0.381 e. The molecule has 0 atom stereocenters. The van der Waals surface area contributed by atoms with Gasteiger partial charge in [-0.05, 0) is 35.6 Å². The highest BCUT2D eigenvalue weighted by Gasteiger charge is 2.38. The summed E-state index contributed by atoms with van der Waals surface area (Å²) in [4.78, 5) is 13.5. The molecule has 33 heavy (non-hydrogen) atoms. The Balaban J connectivity index is 1.62. The summed E-state index contributed by atoms with van der Waals surface area (Å²) in [6.07, 6.45) is -3.34. The highest BCUT2D eigenvalue weighted by Crippen LogP contribution is 2.38. The fraction of sp³-hybridized carbons (Fsp3) is 0.296. The van der Waals surface area contributed by atoms with Crippen LogP contribution in [0.2, 0.25) is 0 Å². The minimum absolute atomic E-state index is 0.176. The third-order valence-electron chi connectivity index (χ3n) is 6.38. The van der Waals surface area contributed by atoms with Crippen LogP contribution in [0.15, 0.2) is 84.9 Å². The summed E-state index contributed by atoms with van der Waals surface area (Å²) in [6.45, 7) is 1.12. The van der Waals surface area contributed by atoms with Gasteiger partial charge in [-0.25, -0.2) is 0 Å². The number of amides is 1. The number of halogens is 3. The van der Waals surface area contributed by atoms with Crippen LogP contribution in [0.1, 0.15) is 41.0 Å². The van der Waals surface area contributed by atoms with Crippen molar-refractivity contribution in [2.24, 2.45) is 0 Å². The zero-order valence-corrected chi connectivity index (χ0v) is 18.1. The first kappa shape index (κ1) is 23.1. The van der Waals surface area contributed by atoms with Gasteiger partial charge in [0.2, 0.25) is 5.91 Å². The molecule has 0 bridgehead atoms. The van der Waals surface area contributed by atoms with Gasteiger partial charge in [-0.3, -0.25) is 4.79 Å². The summed E-state index contributed by atoms with van der Waals surface area (Å²) < 4.78 is 45.6. The molecule has 0 aliphatic carbocycles. The van der Waals surface area contributed by atoms with Gasteiger partial charge in [0.25, 0.3) is 0 Å². The van der Waals surface area contributed by atoms with Crippen molar-refractivity contribution < 1.29 is 22.7 Å². The molecule has 1 N–H and O–H groups in total. The van der Waals surface area contributed by atoms with Gasteiger partial charge in [-0.1, -0.05) is 78.9 Å². The van der Waals surface area contributed by atoms with Crippen LogP contribution in [0.3, 0.4) is 0 Å². The third-order valence-corrected chi connectivity index (χ3v) is 6.38. The highest BCUT2D eigenvalue weighted by molar-refractivity contribution is 5.87. The Hall–Kier alpha value is -3.12. The van der Waals surface area contributed by atoms with E-state index < -0.39 is 23.1 Å². The topological polar surface area (TPSA) is 38.3 Å². The predicted octanol–water partition coefficient (Wildman–Crippen LogP) is 5.70. The Morgan fingerprint density at radius 2 is 1.45 bits per heavy atom. The van der Waals surface area contributed by atoms with E-state index in [1.807, 2.05) is 60.7 Å². The van der Waals surface area contributed by atoms with Gasteiger partial charge in [-0.15, -0.1) is 0 Å². The fourth-order valence-corrected chi connectivity index (χ4v) is 4.50. The van der Waals surface area contributed by atoms with E-state index in [9.17, 15) is 18.0 Å². The number of hydrogen-bond donors (Lipinski definition) is 1. The molecule has 4 rings (SSSR count). The third kappa shape index (κ3) is 5.28. The Morgan fingerprint density at radius 1 is 0.879 bits per heavy atom. The first-order valence-corrected chi connectivity index (χ1v) is 11.0. The number of alkyl halides is 3. The average molecular weight is 454 g/mol.